The molecule has 0 radical (unpaired) electrons. The van der Waals surface area contributed by atoms with E-state index in [1.165, 1.54) is 12.1 Å². The fraction of sp³-hybridized carbons (Fsp3) is 0.222. The first kappa shape index (κ1) is 16.7. The summed E-state index contributed by atoms with van der Waals surface area (Å²) in [7, 11) is 0. The van der Waals surface area contributed by atoms with Gasteiger partial charge in [-0.2, -0.15) is 0 Å². The van der Waals surface area contributed by atoms with Crippen molar-refractivity contribution in [1.82, 2.24) is 0 Å². The minimum absolute atomic E-state index is 0.0450. The molecule has 0 aliphatic rings. The van der Waals surface area contributed by atoms with E-state index in [9.17, 15) is 15.2 Å². The molecule has 0 saturated heterocycles. The van der Waals surface area contributed by atoms with Crippen LogP contribution in [0.5, 0.6) is 0 Å². The van der Waals surface area contributed by atoms with Crippen molar-refractivity contribution in [3.05, 3.63) is 75.8 Å². The number of hydrogen-bond acceptors (Lipinski definition) is 4. The zero-order chi connectivity index (χ0) is 16.7. The predicted octanol–water partition coefficient (Wildman–Crippen LogP) is 2.79. The number of aliphatic hydroxyl groups is 1. The predicted molar refractivity (Wildman–Crippen MR) is 88.6 cm³/mol. The van der Waals surface area contributed by atoms with Gasteiger partial charge in [-0.05, 0) is 24.1 Å². The normalized spacial score (nSPS) is 12.8. The van der Waals surface area contributed by atoms with Gasteiger partial charge in [0.2, 0.25) is 0 Å². The maximum Gasteiger partial charge on any atom is 0.269 e. The van der Waals surface area contributed by atoms with Crippen molar-refractivity contribution in [3.63, 3.8) is 0 Å². The van der Waals surface area contributed by atoms with Gasteiger partial charge in [-0.15, -0.1) is 0 Å². The van der Waals surface area contributed by atoms with E-state index in [1.807, 2.05) is 30.3 Å². The zero-order valence-corrected chi connectivity index (χ0v) is 12.6. The van der Waals surface area contributed by atoms with Crippen LogP contribution in [0.1, 0.15) is 30.1 Å². The number of nitrogens with zero attached hydrogens (tertiary/aromatic N) is 1. The van der Waals surface area contributed by atoms with E-state index in [2.05, 4.69) is 11.8 Å². The second kappa shape index (κ2) is 8.08. The minimum Gasteiger partial charge on any atom is -0.387 e. The summed E-state index contributed by atoms with van der Waals surface area (Å²) in [5, 5.41) is 20.7. The number of hydrogen-bond donors (Lipinski definition) is 2. The summed E-state index contributed by atoms with van der Waals surface area (Å²) in [5.74, 6) is 5.91. The Morgan fingerprint density at radius 1 is 1.13 bits per heavy atom. The molecule has 23 heavy (non-hydrogen) atoms. The summed E-state index contributed by atoms with van der Waals surface area (Å²) in [4.78, 5) is 10.1. The Morgan fingerprint density at radius 3 is 2.39 bits per heavy atom. The number of nitrogens with two attached hydrogens (primary N) is 1. The molecule has 0 unspecified atom stereocenters. The fourth-order valence-corrected chi connectivity index (χ4v) is 2.13. The molecule has 0 aliphatic carbocycles. The quantitative estimate of drug-likeness (QED) is 0.505. The van der Waals surface area contributed by atoms with Crippen LogP contribution in [0.2, 0.25) is 0 Å². The molecule has 0 bridgehead atoms. The molecule has 2 aromatic rings. The van der Waals surface area contributed by atoms with Crippen molar-refractivity contribution in [2.24, 2.45) is 5.73 Å². The van der Waals surface area contributed by atoms with Crippen molar-refractivity contribution >= 4 is 5.69 Å². The number of nitro benzene ring substituents is 1. The zero-order valence-electron chi connectivity index (χ0n) is 12.6. The van der Waals surface area contributed by atoms with Crippen molar-refractivity contribution in [2.75, 3.05) is 0 Å². The van der Waals surface area contributed by atoms with Crippen LogP contribution in [0.25, 0.3) is 0 Å². The summed E-state index contributed by atoms with van der Waals surface area (Å²) >= 11 is 0. The van der Waals surface area contributed by atoms with Crippen molar-refractivity contribution in [1.29, 1.82) is 0 Å². The Balaban J connectivity index is 1.86. The molecule has 118 valence electrons. The lowest BCUT2D eigenvalue weighted by atomic mass is 9.99. The van der Waals surface area contributed by atoms with Gasteiger partial charge in [0, 0.05) is 30.2 Å². The van der Waals surface area contributed by atoms with Gasteiger partial charge in [-0.1, -0.05) is 42.2 Å². The summed E-state index contributed by atoms with van der Waals surface area (Å²) in [6, 6.07) is 15.0. The molecule has 0 fully saturated rings. The first-order valence-corrected chi connectivity index (χ1v) is 7.30. The van der Waals surface area contributed by atoms with E-state index in [0.717, 1.165) is 5.56 Å². The molecular weight excluding hydrogens is 292 g/mol. The number of benzene rings is 2. The summed E-state index contributed by atoms with van der Waals surface area (Å²) in [5.41, 5.74) is 7.54. The van der Waals surface area contributed by atoms with Gasteiger partial charge < -0.3 is 10.8 Å². The molecule has 0 spiro atoms. The molecule has 0 aromatic heterocycles. The Bertz CT molecular complexity index is 703. The van der Waals surface area contributed by atoms with Gasteiger partial charge in [0.15, 0.2) is 0 Å². The van der Waals surface area contributed by atoms with E-state index in [0.29, 0.717) is 18.4 Å². The average Bonchev–Trinajstić information content (AvgIpc) is 2.59. The second-order valence-corrected chi connectivity index (χ2v) is 5.16. The Morgan fingerprint density at radius 2 is 1.78 bits per heavy atom. The molecule has 2 aromatic carbocycles. The SMILES string of the molecule is N[C@H](CCC#Cc1ccc([N+](=O)[O-])cc1)[C@H](O)c1ccccc1. The lowest BCUT2D eigenvalue weighted by Crippen LogP contribution is -2.28. The standard InChI is InChI=1S/C18H18N2O3/c19-17(18(21)15-7-2-1-3-8-15)9-5-4-6-14-10-12-16(13-11-14)20(22)23/h1-3,7-8,10-13,17-18,21H,5,9,19H2/t17-,18-/m1/s1. The lowest BCUT2D eigenvalue weighted by Gasteiger charge is -2.18. The highest BCUT2D eigenvalue weighted by Gasteiger charge is 2.15. The first-order valence-electron chi connectivity index (χ1n) is 7.30. The Kier molecular flexibility index (Phi) is 5.87. The fourth-order valence-electron chi connectivity index (χ4n) is 2.13. The van der Waals surface area contributed by atoms with Gasteiger partial charge in [0.05, 0.1) is 11.0 Å². The van der Waals surface area contributed by atoms with Gasteiger partial charge >= 0.3 is 0 Å². The molecule has 5 heteroatoms. The van der Waals surface area contributed by atoms with E-state index in [-0.39, 0.29) is 11.7 Å². The molecule has 3 N–H and O–H groups in total. The third-order valence-electron chi connectivity index (χ3n) is 3.46. The minimum atomic E-state index is -0.711. The third kappa shape index (κ3) is 4.92. The van der Waals surface area contributed by atoms with E-state index in [1.54, 1.807) is 12.1 Å². The van der Waals surface area contributed by atoms with Crippen LogP contribution in [0, 0.1) is 22.0 Å². The van der Waals surface area contributed by atoms with Gasteiger partial charge in [-0.25, -0.2) is 0 Å². The molecule has 0 heterocycles. The van der Waals surface area contributed by atoms with Crippen LogP contribution in [-0.4, -0.2) is 16.1 Å². The van der Waals surface area contributed by atoms with Gasteiger partial charge in [0.1, 0.15) is 0 Å². The smallest absolute Gasteiger partial charge is 0.269 e. The lowest BCUT2D eigenvalue weighted by molar-refractivity contribution is -0.384. The maximum absolute atomic E-state index is 10.6. The second-order valence-electron chi connectivity index (χ2n) is 5.16. The van der Waals surface area contributed by atoms with Gasteiger partial charge in [-0.3, -0.25) is 10.1 Å². The van der Waals surface area contributed by atoms with Crippen LogP contribution in [0.4, 0.5) is 5.69 Å². The summed E-state index contributed by atoms with van der Waals surface area (Å²) in [6.45, 7) is 0. The van der Waals surface area contributed by atoms with Crippen LogP contribution < -0.4 is 5.73 Å². The molecule has 5 nitrogen and oxygen atoms in total. The number of aliphatic hydroxyl groups excluding tert-OH is 1. The molecule has 2 atom stereocenters. The first-order chi connectivity index (χ1) is 11.1. The van der Waals surface area contributed by atoms with Crippen molar-refractivity contribution < 1.29 is 10.0 Å². The van der Waals surface area contributed by atoms with Crippen LogP contribution in [0.15, 0.2) is 54.6 Å². The maximum atomic E-state index is 10.6. The molecule has 0 aliphatic heterocycles. The van der Waals surface area contributed by atoms with Crippen LogP contribution >= 0.6 is 0 Å². The number of non-ortho nitro benzene ring substituents is 1. The Labute approximate surface area is 134 Å². The average molecular weight is 310 g/mol. The monoisotopic (exact) mass is 310 g/mol. The van der Waals surface area contributed by atoms with E-state index < -0.39 is 11.0 Å². The van der Waals surface area contributed by atoms with Crippen LogP contribution in [0.3, 0.4) is 0 Å². The van der Waals surface area contributed by atoms with Gasteiger partial charge in [0.25, 0.3) is 5.69 Å². The summed E-state index contributed by atoms with van der Waals surface area (Å²) in [6.07, 6.45) is 0.398. The Hall–Kier alpha value is -2.68. The van der Waals surface area contributed by atoms with Crippen LogP contribution in [-0.2, 0) is 0 Å². The molecule has 0 saturated carbocycles. The van der Waals surface area contributed by atoms with E-state index >= 15 is 0 Å². The highest BCUT2D eigenvalue weighted by molar-refractivity contribution is 5.41. The highest BCUT2D eigenvalue weighted by Crippen LogP contribution is 2.17. The molecule has 0 amide bonds. The van der Waals surface area contributed by atoms with E-state index in [4.69, 9.17) is 5.73 Å². The number of rotatable bonds is 5. The third-order valence-corrected chi connectivity index (χ3v) is 3.46. The highest BCUT2D eigenvalue weighted by atomic mass is 16.6. The summed E-state index contributed by atoms with van der Waals surface area (Å²) < 4.78 is 0. The number of nitro groups is 1. The molecule has 2 rings (SSSR count). The molecular formula is C18H18N2O3. The topological polar surface area (TPSA) is 89.4 Å². The van der Waals surface area contributed by atoms with Crippen molar-refractivity contribution in [3.8, 4) is 11.8 Å². The van der Waals surface area contributed by atoms with Crippen molar-refractivity contribution in [2.45, 2.75) is 25.0 Å². The largest absolute Gasteiger partial charge is 0.387 e.